The summed E-state index contributed by atoms with van der Waals surface area (Å²) in [6.45, 7) is 0. The molecule has 2 aromatic carbocycles. The Balaban J connectivity index is 0.000000323. The molecule has 1 aliphatic heterocycles. The molecule has 0 atom stereocenters. The van der Waals surface area contributed by atoms with Crippen molar-refractivity contribution >= 4 is 24.6 Å². The fraction of sp³-hybridized carbons (Fsp3) is 0. The van der Waals surface area contributed by atoms with Gasteiger partial charge >= 0.3 is 13.0 Å². The number of nitrogens with zero attached hydrogens (tertiary/aromatic N) is 1. The second-order valence-electron chi connectivity index (χ2n) is 5.92. The van der Waals surface area contributed by atoms with Crippen LogP contribution in [0, 0.1) is 0 Å². The molecule has 0 amide bonds. The highest BCUT2D eigenvalue weighted by atomic mass is 35.5. The summed E-state index contributed by atoms with van der Waals surface area (Å²) in [6.07, 6.45) is 0. The summed E-state index contributed by atoms with van der Waals surface area (Å²) in [5, 5.41) is 0.710. The van der Waals surface area contributed by atoms with Gasteiger partial charge < -0.3 is 21.7 Å². The van der Waals surface area contributed by atoms with Gasteiger partial charge in [-0.15, -0.1) is 4.40 Å². The lowest BCUT2D eigenvalue weighted by atomic mass is 10.0. The van der Waals surface area contributed by atoms with E-state index < -0.39 is 7.25 Å². The standard InChI is InChI=1S/C19H11ClNO.BF4/c20-13-6-3-5-12(11-13)19-18-15-8-2-1-7-14(15)16-9-4-10-17(22-19)21(16)18;2-1(3,4)5/h1-11H;/q+1;-1. The summed E-state index contributed by atoms with van der Waals surface area (Å²) in [5.41, 5.74) is 6.54. The van der Waals surface area contributed by atoms with Crippen molar-refractivity contribution in [3.8, 4) is 33.8 Å². The van der Waals surface area contributed by atoms with E-state index in [1.807, 2.05) is 36.4 Å². The molecule has 0 bridgehead atoms. The van der Waals surface area contributed by atoms with Gasteiger partial charge in [-0.1, -0.05) is 35.9 Å². The molecular weight excluding hydrogens is 380 g/mol. The van der Waals surface area contributed by atoms with Crippen LogP contribution in [0.15, 0.2) is 71.1 Å². The smallest absolute Gasteiger partial charge is 0.418 e. The molecule has 1 aliphatic rings. The van der Waals surface area contributed by atoms with Crippen LogP contribution in [0.5, 0.6) is 0 Å². The topological polar surface area (TPSA) is 17.2 Å². The van der Waals surface area contributed by atoms with E-state index in [1.165, 1.54) is 16.8 Å². The van der Waals surface area contributed by atoms with Crippen LogP contribution in [0.2, 0.25) is 5.02 Å². The van der Waals surface area contributed by atoms with Gasteiger partial charge in [0.15, 0.2) is 0 Å². The highest BCUT2D eigenvalue weighted by Gasteiger charge is 2.37. The molecule has 2 aromatic heterocycles. The average molecular weight is 392 g/mol. The molecule has 3 heterocycles. The van der Waals surface area contributed by atoms with E-state index in [1.54, 1.807) is 0 Å². The van der Waals surface area contributed by atoms with Crippen molar-refractivity contribution in [3.05, 3.63) is 71.8 Å². The van der Waals surface area contributed by atoms with Gasteiger partial charge in [0.25, 0.3) is 5.69 Å². The van der Waals surface area contributed by atoms with Crippen LogP contribution >= 0.6 is 11.6 Å². The second kappa shape index (κ2) is 6.42. The quantitative estimate of drug-likeness (QED) is 0.187. The SMILES string of the molecule is Clc1cccc(-c2oc3cccc4[n+]3c2-c2ccccc2-4)c1.F[B-](F)(F)F. The maximum Gasteiger partial charge on any atom is 0.673 e. The number of rotatable bonds is 1. The van der Waals surface area contributed by atoms with E-state index in [2.05, 4.69) is 34.7 Å². The van der Waals surface area contributed by atoms with Crippen molar-refractivity contribution in [2.24, 2.45) is 0 Å². The molecule has 27 heavy (non-hydrogen) atoms. The zero-order valence-electron chi connectivity index (χ0n) is 13.7. The zero-order chi connectivity index (χ0) is 19.2. The normalized spacial score (nSPS) is 11.9. The lowest BCUT2D eigenvalue weighted by Gasteiger charge is -1.98. The Morgan fingerprint density at radius 2 is 1.48 bits per heavy atom. The van der Waals surface area contributed by atoms with Crippen molar-refractivity contribution < 1.29 is 26.1 Å². The molecule has 0 saturated heterocycles. The third-order valence-corrected chi connectivity index (χ3v) is 4.38. The Kier molecular flexibility index (Phi) is 4.19. The fourth-order valence-electron chi connectivity index (χ4n) is 3.25. The summed E-state index contributed by atoms with van der Waals surface area (Å²) in [4.78, 5) is 0. The molecule has 0 spiro atoms. The summed E-state index contributed by atoms with van der Waals surface area (Å²) >= 11 is 6.15. The van der Waals surface area contributed by atoms with Crippen molar-refractivity contribution in [2.75, 3.05) is 0 Å². The Hall–Kier alpha value is -2.80. The van der Waals surface area contributed by atoms with E-state index in [4.69, 9.17) is 16.0 Å². The lowest BCUT2D eigenvalue weighted by Crippen LogP contribution is -2.20. The van der Waals surface area contributed by atoms with Crippen molar-refractivity contribution in [3.63, 3.8) is 0 Å². The first kappa shape index (κ1) is 17.6. The minimum absolute atomic E-state index is 0.710. The summed E-state index contributed by atoms with van der Waals surface area (Å²) in [6, 6.07) is 22.4. The molecule has 4 aromatic rings. The molecule has 5 rings (SSSR count). The van der Waals surface area contributed by atoms with Gasteiger partial charge in [0, 0.05) is 16.7 Å². The highest BCUT2D eigenvalue weighted by Crippen LogP contribution is 2.41. The van der Waals surface area contributed by atoms with Gasteiger partial charge in [-0.25, -0.2) is 0 Å². The molecule has 136 valence electrons. The van der Waals surface area contributed by atoms with Crippen LogP contribution in [-0.2, 0) is 0 Å². The third kappa shape index (κ3) is 3.30. The predicted molar refractivity (Wildman–Crippen MR) is 96.9 cm³/mol. The molecule has 0 aliphatic carbocycles. The lowest BCUT2D eigenvalue weighted by molar-refractivity contribution is -0.485. The minimum Gasteiger partial charge on any atom is -0.418 e. The maximum atomic E-state index is 9.75. The fourth-order valence-corrected chi connectivity index (χ4v) is 3.44. The molecule has 0 unspecified atom stereocenters. The molecule has 0 fully saturated rings. The Labute approximate surface area is 156 Å². The Morgan fingerprint density at radius 3 is 2.19 bits per heavy atom. The van der Waals surface area contributed by atoms with Gasteiger partial charge in [-0.05, 0) is 30.3 Å². The number of fused-ring (bicyclic) bond motifs is 3. The third-order valence-electron chi connectivity index (χ3n) is 4.14. The van der Waals surface area contributed by atoms with E-state index in [0.29, 0.717) is 5.02 Å². The van der Waals surface area contributed by atoms with Crippen LogP contribution in [0.4, 0.5) is 17.3 Å². The number of benzene rings is 2. The molecule has 8 heteroatoms. The highest BCUT2D eigenvalue weighted by molar-refractivity contribution is 6.50. The van der Waals surface area contributed by atoms with E-state index in [-0.39, 0.29) is 0 Å². The monoisotopic (exact) mass is 391 g/mol. The van der Waals surface area contributed by atoms with E-state index >= 15 is 0 Å². The van der Waals surface area contributed by atoms with Crippen molar-refractivity contribution in [1.29, 1.82) is 0 Å². The van der Waals surface area contributed by atoms with Gasteiger partial charge in [-0.2, -0.15) is 0 Å². The van der Waals surface area contributed by atoms with Gasteiger partial charge in [0.1, 0.15) is 0 Å². The van der Waals surface area contributed by atoms with E-state index in [0.717, 1.165) is 22.7 Å². The summed E-state index contributed by atoms with van der Waals surface area (Å²) in [5.74, 6) is 0.861. The van der Waals surface area contributed by atoms with E-state index in [9.17, 15) is 17.3 Å². The Morgan fingerprint density at radius 1 is 0.815 bits per heavy atom. The molecular formula is C19H11BClF4NO. The number of aromatic nitrogens is 1. The van der Waals surface area contributed by atoms with Crippen LogP contribution in [-0.4, -0.2) is 7.25 Å². The first-order chi connectivity index (χ1) is 12.8. The molecule has 0 saturated carbocycles. The van der Waals surface area contributed by atoms with Crippen LogP contribution in [0.3, 0.4) is 0 Å². The first-order valence-electron chi connectivity index (χ1n) is 8.03. The zero-order valence-corrected chi connectivity index (χ0v) is 14.4. The van der Waals surface area contributed by atoms with Crippen LogP contribution in [0.25, 0.3) is 39.6 Å². The minimum atomic E-state index is -6.00. The molecule has 0 radical (unpaired) electrons. The van der Waals surface area contributed by atoms with Gasteiger partial charge in [0.05, 0.1) is 17.2 Å². The van der Waals surface area contributed by atoms with Crippen molar-refractivity contribution in [1.82, 2.24) is 0 Å². The second-order valence-corrected chi connectivity index (χ2v) is 6.35. The molecule has 2 nitrogen and oxygen atoms in total. The maximum absolute atomic E-state index is 9.75. The summed E-state index contributed by atoms with van der Waals surface area (Å²) < 4.78 is 47.3. The molecule has 0 N–H and O–H groups in total. The van der Waals surface area contributed by atoms with Crippen LogP contribution in [0.1, 0.15) is 0 Å². The first-order valence-corrected chi connectivity index (χ1v) is 8.41. The number of oxazole rings is 1. The number of pyridine rings is 1. The van der Waals surface area contributed by atoms with Gasteiger partial charge in [0.2, 0.25) is 11.5 Å². The van der Waals surface area contributed by atoms with Crippen LogP contribution < -0.4 is 4.40 Å². The predicted octanol–water partition coefficient (Wildman–Crippen LogP) is 6.29. The largest absolute Gasteiger partial charge is 0.673 e. The van der Waals surface area contributed by atoms with Gasteiger partial charge in [-0.3, -0.25) is 0 Å². The Bertz CT molecular complexity index is 1150. The summed E-state index contributed by atoms with van der Waals surface area (Å²) in [7, 11) is -6.00. The average Bonchev–Trinajstić information content (AvgIpc) is 3.15. The number of halogens is 5. The number of hydrogen-bond donors (Lipinski definition) is 0. The van der Waals surface area contributed by atoms with Crippen molar-refractivity contribution in [2.45, 2.75) is 0 Å². The number of hydrogen-bond acceptors (Lipinski definition) is 1.